The van der Waals surface area contributed by atoms with Crippen LogP contribution in [0, 0.1) is 6.92 Å². The van der Waals surface area contributed by atoms with E-state index in [1.54, 1.807) is 13.0 Å². The van der Waals surface area contributed by atoms with E-state index >= 15 is 0 Å². The number of rotatable bonds is 6. The molecule has 0 unspecified atom stereocenters. The van der Waals surface area contributed by atoms with Gasteiger partial charge in [-0.15, -0.1) is 0 Å². The molecule has 0 aliphatic carbocycles. The number of nitrogens with zero attached hydrogens (tertiary/aromatic N) is 3. The quantitative estimate of drug-likeness (QED) is 0.655. The molecule has 0 spiro atoms. The predicted molar refractivity (Wildman–Crippen MR) is 85.2 cm³/mol. The van der Waals surface area contributed by atoms with E-state index in [2.05, 4.69) is 27.3 Å². The fourth-order valence-corrected chi connectivity index (χ4v) is 2.34. The van der Waals surface area contributed by atoms with Crippen molar-refractivity contribution in [3.63, 3.8) is 0 Å². The Hall–Kier alpha value is -2.82. The van der Waals surface area contributed by atoms with Gasteiger partial charge >= 0.3 is 0 Å². The molecule has 5 heteroatoms. The normalized spacial score (nSPS) is 10.7. The molecular formula is C18H17N3O2. The van der Waals surface area contributed by atoms with Crippen LogP contribution in [0.15, 0.2) is 53.3 Å². The summed E-state index contributed by atoms with van der Waals surface area (Å²) in [5.41, 5.74) is 3.59. The Labute approximate surface area is 134 Å². The standard InChI is InChI=1S/C18H17N3O2/c1-13-9-18(23-21-13)17(22)11-16-10-15(19-12-20-16)8-7-14-5-3-2-4-6-14/h2-6,9-10,12H,7-8,11H2,1H3. The highest BCUT2D eigenvalue weighted by molar-refractivity contribution is 5.94. The molecule has 0 atom stereocenters. The molecule has 0 saturated carbocycles. The third kappa shape index (κ3) is 4.10. The monoisotopic (exact) mass is 307 g/mol. The SMILES string of the molecule is Cc1cc(C(=O)Cc2cc(CCc3ccccc3)ncn2)on1. The number of hydrogen-bond acceptors (Lipinski definition) is 5. The average molecular weight is 307 g/mol. The predicted octanol–water partition coefficient (Wildman–Crippen LogP) is 2.98. The molecule has 5 nitrogen and oxygen atoms in total. The van der Waals surface area contributed by atoms with Gasteiger partial charge in [0.05, 0.1) is 17.8 Å². The van der Waals surface area contributed by atoms with Crippen LogP contribution < -0.4 is 0 Å². The van der Waals surface area contributed by atoms with Gasteiger partial charge in [-0.3, -0.25) is 4.79 Å². The first kappa shape index (κ1) is 15.1. The van der Waals surface area contributed by atoms with Crippen molar-refractivity contribution in [1.29, 1.82) is 0 Å². The maximum atomic E-state index is 12.1. The number of carbonyl (C=O) groups is 1. The molecule has 3 aromatic rings. The van der Waals surface area contributed by atoms with Gasteiger partial charge in [-0.1, -0.05) is 35.5 Å². The van der Waals surface area contributed by atoms with E-state index in [0.29, 0.717) is 11.4 Å². The van der Waals surface area contributed by atoms with Gasteiger partial charge in [0.1, 0.15) is 6.33 Å². The fraction of sp³-hybridized carbons (Fsp3) is 0.222. The lowest BCUT2D eigenvalue weighted by Crippen LogP contribution is -2.06. The zero-order valence-electron chi connectivity index (χ0n) is 12.9. The molecule has 23 heavy (non-hydrogen) atoms. The van der Waals surface area contributed by atoms with E-state index < -0.39 is 0 Å². The summed E-state index contributed by atoms with van der Waals surface area (Å²) in [5, 5.41) is 3.73. The molecule has 2 aromatic heterocycles. The molecular weight excluding hydrogens is 290 g/mol. The Balaban J connectivity index is 1.64. The second-order valence-electron chi connectivity index (χ2n) is 5.42. The topological polar surface area (TPSA) is 68.9 Å². The molecule has 116 valence electrons. The first-order valence-corrected chi connectivity index (χ1v) is 7.51. The van der Waals surface area contributed by atoms with E-state index in [4.69, 9.17) is 4.52 Å². The lowest BCUT2D eigenvalue weighted by molar-refractivity contribution is 0.0956. The molecule has 0 aliphatic rings. The fourth-order valence-electron chi connectivity index (χ4n) is 2.34. The zero-order valence-corrected chi connectivity index (χ0v) is 12.9. The van der Waals surface area contributed by atoms with Crippen molar-refractivity contribution >= 4 is 5.78 Å². The summed E-state index contributed by atoms with van der Waals surface area (Å²) in [6.07, 6.45) is 3.42. The van der Waals surface area contributed by atoms with E-state index in [9.17, 15) is 4.79 Å². The van der Waals surface area contributed by atoms with Crippen LogP contribution in [-0.2, 0) is 19.3 Å². The van der Waals surface area contributed by atoms with Crippen LogP contribution in [0.1, 0.15) is 33.2 Å². The van der Waals surface area contributed by atoms with Crippen molar-refractivity contribution in [3.8, 4) is 0 Å². The number of hydrogen-bond donors (Lipinski definition) is 0. The van der Waals surface area contributed by atoms with Gasteiger partial charge in [-0.2, -0.15) is 0 Å². The Bertz CT molecular complexity index is 797. The Kier molecular flexibility index (Phi) is 4.57. The first-order chi connectivity index (χ1) is 11.2. The maximum Gasteiger partial charge on any atom is 0.206 e. The molecule has 3 rings (SSSR count). The van der Waals surface area contributed by atoms with Gasteiger partial charge in [0.25, 0.3) is 0 Å². The summed E-state index contributed by atoms with van der Waals surface area (Å²) in [7, 11) is 0. The van der Waals surface area contributed by atoms with Crippen molar-refractivity contribution in [1.82, 2.24) is 15.1 Å². The van der Waals surface area contributed by atoms with Crippen LogP contribution in [0.4, 0.5) is 0 Å². The van der Waals surface area contributed by atoms with Gasteiger partial charge in [0.2, 0.25) is 11.5 Å². The minimum Gasteiger partial charge on any atom is -0.353 e. The van der Waals surface area contributed by atoms with E-state index in [1.807, 2.05) is 24.3 Å². The molecule has 0 aliphatic heterocycles. The summed E-state index contributed by atoms with van der Waals surface area (Å²) in [6, 6.07) is 13.8. The van der Waals surface area contributed by atoms with Gasteiger partial charge in [0, 0.05) is 11.8 Å². The second kappa shape index (κ2) is 6.96. The van der Waals surface area contributed by atoms with Gasteiger partial charge in [-0.25, -0.2) is 9.97 Å². The highest BCUT2D eigenvalue weighted by Gasteiger charge is 2.13. The van der Waals surface area contributed by atoms with Crippen LogP contribution >= 0.6 is 0 Å². The lowest BCUT2D eigenvalue weighted by atomic mass is 10.1. The van der Waals surface area contributed by atoms with Crippen molar-refractivity contribution in [2.24, 2.45) is 0 Å². The maximum absolute atomic E-state index is 12.1. The number of carbonyl (C=O) groups excluding carboxylic acids is 1. The third-order valence-electron chi connectivity index (χ3n) is 3.54. The van der Waals surface area contributed by atoms with Crippen molar-refractivity contribution in [2.75, 3.05) is 0 Å². The highest BCUT2D eigenvalue weighted by atomic mass is 16.5. The number of aryl methyl sites for hydroxylation is 3. The molecule has 0 radical (unpaired) electrons. The largest absolute Gasteiger partial charge is 0.353 e. The lowest BCUT2D eigenvalue weighted by Gasteiger charge is -2.03. The minimum atomic E-state index is -0.127. The highest BCUT2D eigenvalue weighted by Crippen LogP contribution is 2.10. The molecule has 0 saturated heterocycles. The van der Waals surface area contributed by atoms with E-state index in [-0.39, 0.29) is 18.0 Å². The number of ketones is 1. The molecule has 0 bridgehead atoms. The molecule has 0 fully saturated rings. The number of aromatic nitrogens is 3. The third-order valence-corrected chi connectivity index (χ3v) is 3.54. The molecule has 0 N–H and O–H groups in total. The van der Waals surface area contributed by atoms with Crippen molar-refractivity contribution in [2.45, 2.75) is 26.2 Å². The van der Waals surface area contributed by atoms with Crippen LogP contribution in [0.5, 0.6) is 0 Å². The molecule has 2 heterocycles. The summed E-state index contributed by atoms with van der Waals surface area (Å²) in [6.45, 7) is 1.78. The average Bonchev–Trinajstić information content (AvgIpc) is 3.01. The smallest absolute Gasteiger partial charge is 0.206 e. The Morgan fingerprint density at radius 3 is 2.57 bits per heavy atom. The zero-order chi connectivity index (χ0) is 16.1. The van der Waals surface area contributed by atoms with Crippen LogP contribution in [0.2, 0.25) is 0 Å². The summed E-state index contributed by atoms with van der Waals surface area (Å²) >= 11 is 0. The van der Waals surface area contributed by atoms with Crippen LogP contribution in [0.25, 0.3) is 0 Å². The van der Waals surface area contributed by atoms with Crippen LogP contribution in [-0.4, -0.2) is 20.9 Å². The Morgan fingerprint density at radius 1 is 1.04 bits per heavy atom. The second-order valence-corrected chi connectivity index (χ2v) is 5.42. The summed E-state index contributed by atoms with van der Waals surface area (Å²) < 4.78 is 4.99. The molecule has 1 aromatic carbocycles. The van der Waals surface area contributed by atoms with Crippen molar-refractivity contribution in [3.05, 3.63) is 77.2 Å². The van der Waals surface area contributed by atoms with E-state index in [1.165, 1.54) is 11.9 Å². The summed E-state index contributed by atoms with van der Waals surface area (Å²) in [5.74, 6) is 0.144. The van der Waals surface area contributed by atoms with Gasteiger partial charge in [0.15, 0.2) is 0 Å². The number of benzene rings is 1. The van der Waals surface area contributed by atoms with Crippen LogP contribution in [0.3, 0.4) is 0 Å². The number of Topliss-reactive ketones (excluding diaryl/α,β-unsaturated/α-hetero) is 1. The first-order valence-electron chi connectivity index (χ1n) is 7.51. The summed E-state index contributed by atoms with van der Waals surface area (Å²) in [4.78, 5) is 20.6. The van der Waals surface area contributed by atoms with E-state index in [0.717, 1.165) is 18.5 Å². The Morgan fingerprint density at radius 2 is 1.83 bits per heavy atom. The van der Waals surface area contributed by atoms with Crippen molar-refractivity contribution < 1.29 is 9.32 Å². The minimum absolute atomic E-state index is 0.127. The van der Waals surface area contributed by atoms with Gasteiger partial charge < -0.3 is 4.52 Å². The molecule has 0 amide bonds. The van der Waals surface area contributed by atoms with Gasteiger partial charge in [-0.05, 0) is 31.4 Å².